The molecule has 0 atom stereocenters. The van der Waals surface area contributed by atoms with Crippen LogP contribution in [-0.2, 0) is 13.1 Å². The van der Waals surface area contributed by atoms with Crippen LogP contribution in [0, 0.1) is 5.82 Å². The van der Waals surface area contributed by atoms with E-state index in [9.17, 15) is 4.39 Å². The molecule has 3 N–H and O–H groups in total. The maximum Gasteiger partial charge on any atom is 0.127 e. The Morgan fingerprint density at radius 3 is 2.83 bits per heavy atom. The van der Waals surface area contributed by atoms with Crippen LogP contribution in [-0.4, -0.2) is 7.05 Å². The molecule has 0 aromatic heterocycles. The van der Waals surface area contributed by atoms with E-state index in [1.165, 1.54) is 6.07 Å². The molecular formula is C9H13FN2. The van der Waals surface area contributed by atoms with Crippen molar-refractivity contribution in [1.82, 2.24) is 5.32 Å². The molecule has 1 rings (SSSR count). The molecule has 1 aromatic carbocycles. The summed E-state index contributed by atoms with van der Waals surface area (Å²) in [7, 11) is 1.85. The molecule has 0 bridgehead atoms. The molecule has 0 heterocycles. The predicted octanol–water partition coefficient (Wildman–Crippen LogP) is 1.00. The maximum atomic E-state index is 12.9. The van der Waals surface area contributed by atoms with Gasteiger partial charge in [0.15, 0.2) is 0 Å². The van der Waals surface area contributed by atoms with Crippen LogP contribution >= 0.6 is 0 Å². The summed E-state index contributed by atoms with van der Waals surface area (Å²) in [6, 6.07) is 4.99. The summed E-state index contributed by atoms with van der Waals surface area (Å²) in [4.78, 5) is 0. The molecule has 0 fully saturated rings. The summed E-state index contributed by atoms with van der Waals surface area (Å²) in [6.07, 6.45) is 0. The molecule has 0 spiro atoms. The summed E-state index contributed by atoms with van der Waals surface area (Å²) < 4.78 is 12.9. The van der Waals surface area contributed by atoms with Crippen LogP contribution in [0.25, 0.3) is 0 Å². The van der Waals surface area contributed by atoms with Crippen LogP contribution in [0.15, 0.2) is 18.2 Å². The lowest BCUT2D eigenvalue weighted by Gasteiger charge is -2.03. The molecule has 0 amide bonds. The third kappa shape index (κ3) is 2.03. The molecule has 66 valence electrons. The van der Waals surface area contributed by atoms with Crippen LogP contribution in [0.3, 0.4) is 0 Å². The number of hydrogen-bond acceptors (Lipinski definition) is 2. The first kappa shape index (κ1) is 9.16. The van der Waals surface area contributed by atoms with Crippen molar-refractivity contribution in [2.24, 2.45) is 5.73 Å². The lowest BCUT2D eigenvalue weighted by molar-refractivity contribution is 0.609. The van der Waals surface area contributed by atoms with E-state index in [0.29, 0.717) is 5.56 Å². The van der Waals surface area contributed by atoms with E-state index < -0.39 is 0 Å². The molecular weight excluding hydrogens is 155 g/mol. The van der Waals surface area contributed by atoms with Gasteiger partial charge in [-0.25, -0.2) is 4.39 Å². The van der Waals surface area contributed by atoms with Crippen molar-refractivity contribution < 1.29 is 4.39 Å². The molecule has 0 saturated carbocycles. The first-order valence-electron chi connectivity index (χ1n) is 3.90. The van der Waals surface area contributed by atoms with Gasteiger partial charge in [-0.3, -0.25) is 0 Å². The van der Waals surface area contributed by atoms with Crippen LogP contribution in [0.2, 0.25) is 0 Å². The largest absolute Gasteiger partial charge is 0.326 e. The van der Waals surface area contributed by atoms with Gasteiger partial charge in [-0.1, -0.05) is 12.1 Å². The van der Waals surface area contributed by atoms with E-state index in [0.717, 1.165) is 12.1 Å². The van der Waals surface area contributed by atoms with E-state index in [4.69, 9.17) is 5.73 Å². The molecule has 1 aromatic rings. The van der Waals surface area contributed by atoms with Crippen molar-refractivity contribution in [2.45, 2.75) is 13.1 Å². The van der Waals surface area contributed by atoms with Gasteiger partial charge in [0, 0.05) is 18.7 Å². The van der Waals surface area contributed by atoms with Gasteiger partial charge in [0.05, 0.1) is 0 Å². The van der Waals surface area contributed by atoms with Gasteiger partial charge in [-0.2, -0.15) is 0 Å². The number of rotatable bonds is 3. The second-order valence-electron chi connectivity index (χ2n) is 2.66. The Morgan fingerprint density at radius 1 is 1.50 bits per heavy atom. The van der Waals surface area contributed by atoms with Crippen molar-refractivity contribution in [3.05, 3.63) is 35.1 Å². The van der Waals surface area contributed by atoms with Gasteiger partial charge >= 0.3 is 0 Å². The molecule has 12 heavy (non-hydrogen) atoms. The number of halogens is 1. The molecule has 0 aliphatic carbocycles. The molecule has 0 aliphatic heterocycles. The Hall–Kier alpha value is -0.930. The summed E-state index contributed by atoms with van der Waals surface area (Å²) in [5.74, 6) is -0.225. The van der Waals surface area contributed by atoms with Crippen molar-refractivity contribution in [1.29, 1.82) is 0 Å². The van der Waals surface area contributed by atoms with Crippen LogP contribution in [0.5, 0.6) is 0 Å². The van der Waals surface area contributed by atoms with Crippen molar-refractivity contribution in [2.75, 3.05) is 7.05 Å². The Morgan fingerprint density at radius 2 is 2.25 bits per heavy atom. The second kappa shape index (κ2) is 4.18. The Bertz CT molecular complexity index is 261. The third-order valence-corrected chi connectivity index (χ3v) is 1.71. The van der Waals surface area contributed by atoms with E-state index in [-0.39, 0.29) is 12.4 Å². The number of nitrogens with two attached hydrogens (primary N) is 1. The van der Waals surface area contributed by atoms with Crippen LogP contribution < -0.4 is 11.1 Å². The average molecular weight is 168 g/mol. The standard InChI is InChI=1S/C9H13FN2/c1-12-6-7-2-3-9(10)8(4-7)5-11/h2-4,12H,5-6,11H2,1H3. The molecule has 0 radical (unpaired) electrons. The Kier molecular flexibility index (Phi) is 3.19. The monoisotopic (exact) mass is 168 g/mol. The second-order valence-corrected chi connectivity index (χ2v) is 2.66. The van der Waals surface area contributed by atoms with E-state index in [2.05, 4.69) is 5.32 Å². The summed E-state index contributed by atoms with van der Waals surface area (Å²) in [6.45, 7) is 0.997. The van der Waals surface area contributed by atoms with E-state index in [1.54, 1.807) is 12.1 Å². The Labute approximate surface area is 71.6 Å². The third-order valence-electron chi connectivity index (χ3n) is 1.71. The fraction of sp³-hybridized carbons (Fsp3) is 0.333. The van der Waals surface area contributed by atoms with Crippen molar-refractivity contribution in [3.8, 4) is 0 Å². The van der Waals surface area contributed by atoms with Gasteiger partial charge in [0.2, 0.25) is 0 Å². The number of hydrogen-bond donors (Lipinski definition) is 2. The average Bonchev–Trinajstić information content (AvgIpc) is 2.09. The quantitative estimate of drug-likeness (QED) is 0.706. The summed E-state index contributed by atoms with van der Waals surface area (Å²) >= 11 is 0. The molecule has 0 unspecified atom stereocenters. The fourth-order valence-corrected chi connectivity index (χ4v) is 1.10. The van der Waals surface area contributed by atoms with Gasteiger partial charge in [0.25, 0.3) is 0 Å². The first-order valence-corrected chi connectivity index (χ1v) is 3.90. The summed E-state index contributed by atoms with van der Waals surface area (Å²) in [5, 5.41) is 2.99. The Balaban J connectivity index is 2.89. The topological polar surface area (TPSA) is 38.0 Å². The lowest BCUT2D eigenvalue weighted by Crippen LogP contribution is -2.07. The minimum atomic E-state index is -0.225. The molecule has 3 heteroatoms. The highest BCUT2D eigenvalue weighted by Gasteiger charge is 2.00. The summed E-state index contributed by atoms with van der Waals surface area (Å²) in [5.41, 5.74) is 6.98. The smallest absolute Gasteiger partial charge is 0.127 e. The van der Waals surface area contributed by atoms with Crippen molar-refractivity contribution >= 4 is 0 Å². The van der Waals surface area contributed by atoms with Crippen LogP contribution in [0.4, 0.5) is 4.39 Å². The fourth-order valence-electron chi connectivity index (χ4n) is 1.10. The zero-order valence-electron chi connectivity index (χ0n) is 7.10. The molecule has 2 nitrogen and oxygen atoms in total. The first-order chi connectivity index (χ1) is 5.77. The predicted molar refractivity (Wildman–Crippen MR) is 47.1 cm³/mol. The number of benzene rings is 1. The molecule has 0 saturated heterocycles. The van der Waals surface area contributed by atoms with Gasteiger partial charge < -0.3 is 11.1 Å². The van der Waals surface area contributed by atoms with Gasteiger partial charge in [-0.15, -0.1) is 0 Å². The highest BCUT2D eigenvalue weighted by molar-refractivity contribution is 5.24. The van der Waals surface area contributed by atoms with Gasteiger partial charge in [0.1, 0.15) is 5.82 Å². The lowest BCUT2D eigenvalue weighted by atomic mass is 10.1. The van der Waals surface area contributed by atoms with Gasteiger partial charge in [-0.05, 0) is 18.7 Å². The van der Waals surface area contributed by atoms with Crippen LogP contribution in [0.1, 0.15) is 11.1 Å². The van der Waals surface area contributed by atoms with E-state index >= 15 is 0 Å². The molecule has 0 aliphatic rings. The minimum Gasteiger partial charge on any atom is -0.326 e. The zero-order chi connectivity index (χ0) is 8.97. The highest BCUT2D eigenvalue weighted by Crippen LogP contribution is 2.09. The van der Waals surface area contributed by atoms with Crippen molar-refractivity contribution in [3.63, 3.8) is 0 Å². The normalized spacial score (nSPS) is 10.2. The minimum absolute atomic E-state index is 0.225. The zero-order valence-corrected chi connectivity index (χ0v) is 7.10. The number of nitrogens with one attached hydrogen (secondary N) is 1. The highest BCUT2D eigenvalue weighted by atomic mass is 19.1. The maximum absolute atomic E-state index is 12.9. The SMILES string of the molecule is CNCc1ccc(F)c(CN)c1. The van der Waals surface area contributed by atoms with E-state index in [1.807, 2.05) is 7.05 Å².